The topological polar surface area (TPSA) is 94.2 Å². The zero-order valence-electron chi connectivity index (χ0n) is 17.6. The predicted octanol–water partition coefficient (Wildman–Crippen LogP) is 3.59. The second-order valence-corrected chi connectivity index (χ2v) is 9.74. The lowest BCUT2D eigenvalue weighted by Crippen LogP contribution is -2.25. The van der Waals surface area contributed by atoms with Crippen molar-refractivity contribution in [3.63, 3.8) is 0 Å². The van der Waals surface area contributed by atoms with Gasteiger partial charge in [-0.2, -0.15) is 13.2 Å². The van der Waals surface area contributed by atoms with Crippen LogP contribution >= 0.6 is 0 Å². The standard InChI is InChI=1S/C21H22F3N3O4S/c1-13(2)10-16-11-25-9-8-15(16)12-26-14(3)19(28)27(20(26)29)17-4-6-18(7-5-17)32(30,31)21(22,23)24/h4-9,11,13,28H,10,12H2,1-3H3. The maximum Gasteiger partial charge on any atom is 0.501 e. The number of benzene rings is 1. The number of alkyl halides is 3. The third-order valence-corrected chi connectivity index (χ3v) is 6.54. The summed E-state index contributed by atoms with van der Waals surface area (Å²) in [5.41, 5.74) is -3.95. The smallest absolute Gasteiger partial charge is 0.493 e. The molecule has 7 nitrogen and oxygen atoms in total. The molecule has 3 aromatic rings. The second kappa shape index (κ2) is 8.45. The van der Waals surface area contributed by atoms with E-state index in [4.69, 9.17) is 0 Å². The van der Waals surface area contributed by atoms with Gasteiger partial charge in [-0.15, -0.1) is 0 Å². The highest BCUT2D eigenvalue weighted by Crippen LogP contribution is 2.31. The average Bonchev–Trinajstić information content (AvgIpc) is 2.91. The minimum absolute atomic E-state index is 0.0348. The summed E-state index contributed by atoms with van der Waals surface area (Å²) in [5.74, 6) is -0.0267. The molecule has 0 aliphatic carbocycles. The Kier molecular flexibility index (Phi) is 6.23. The number of aromatic hydroxyl groups is 1. The van der Waals surface area contributed by atoms with E-state index in [1.807, 2.05) is 0 Å². The molecule has 0 fully saturated rings. The van der Waals surface area contributed by atoms with E-state index in [2.05, 4.69) is 18.8 Å². The predicted molar refractivity (Wildman–Crippen MR) is 112 cm³/mol. The van der Waals surface area contributed by atoms with Crippen molar-refractivity contribution in [2.75, 3.05) is 0 Å². The van der Waals surface area contributed by atoms with E-state index in [1.54, 1.807) is 25.4 Å². The molecule has 0 aliphatic rings. The lowest BCUT2D eigenvalue weighted by Gasteiger charge is -2.12. The molecule has 0 unspecified atom stereocenters. The Hall–Kier alpha value is -3.08. The van der Waals surface area contributed by atoms with Crippen LogP contribution in [-0.2, 0) is 22.8 Å². The first-order valence-corrected chi connectivity index (χ1v) is 11.2. The van der Waals surface area contributed by atoms with Crippen LogP contribution in [0.25, 0.3) is 5.69 Å². The van der Waals surface area contributed by atoms with Crippen molar-refractivity contribution in [2.24, 2.45) is 5.92 Å². The summed E-state index contributed by atoms with van der Waals surface area (Å²) in [7, 11) is -5.52. The number of rotatable bonds is 6. The van der Waals surface area contributed by atoms with Crippen molar-refractivity contribution in [3.8, 4) is 11.6 Å². The molecule has 3 rings (SSSR count). The lowest BCUT2D eigenvalue weighted by molar-refractivity contribution is -0.0436. The monoisotopic (exact) mass is 469 g/mol. The molecule has 1 aromatic carbocycles. The van der Waals surface area contributed by atoms with Crippen LogP contribution in [0.5, 0.6) is 5.88 Å². The van der Waals surface area contributed by atoms with Crippen LogP contribution in [0, 0.1) is 12.8 Å². The van der Waals surface area contributed by atoms with Crippen LogP contribution in [0.4, 0.5) is 13.2 Å². The fraction of sp³-hybridized carbons (Fsp3) is 0.333. The maximum absolute atomic E-state index is 13.0. The molecular formula is C21H22F3N3O4S. The molecule has 0 saturated carbocycles. The van der Waals surface area contributed by atoms with Gasteiger partial charge in [-0.1, -0.05) is 13.8 Å². The molecule has 0 atom stereocenters. The van der Waals surface area contributed by atoms with Gasteiger partial charge in [0.15, 0.2) is 0 Å². The van der Waals surface area contributed by atoms with Gasteiger partial charge in [0.2, 0.25) is 5.88 Å². The first-order valence-electron chi connectivity index (χ1n) is 9.69. The molecule has 2 heterocycles. The van der Waals surface area contributed by atoms with Crippen LogP contribution in [0.1, 0.15) is 30.7 Å². The quantitative estimate of drug-likeness (QED) is 0.596. The van der Waals surface area contributed by atoms with E-state index in [-0.39, 0.29) is 23.8 Å². The van der Waals surface area contributed by atoms with E-state index in [0.717, 1.165) is 46.4 Å². The fourth-order valence-electron chi connectivity index (χ4n) is 3.37. The van der Waals surface area contributed by atoms with Crippen LogP contribution in [-0.4, -0.2) is 33.2 Å². The van der Waals surface area contributed by atoms with Gasteiger partial charge in [0, 0.05) is 12.4 Å². The van der Waals surface area contributed by atoms with Gasteiger partial charge < -0.3 is 5.11 Å². The van der Waals surface area contributed by atoms with E-state index in [0.29, 0.717) is 5.92 Å². The number of nitrogens with zero attached hydrogens (tertiary/aromatic N) is 3. The Bertz CT molecular complexity index is 1290. The Balaban J connectivity index is 2.02. The van der Waals surface area contributed by atoms with Crippen molar-refractivity contribution < 1.29 is 26.7 Å². The van der Waals surface area contributed by atoms with Gasteiger partial charge in [0.1, 0.15) is 0 Å². The SMILES string of the molecule is Cc1c(O)n(-c2ccc(S(=O)(=O)C(F)(F)F)cc2)c(=O)n1Cc1ccncc1CC(C)C. The first kappa shape index (κ1) is 23.6. The van der Waals surface area contributed by atoms with Gasteiger partial charge in [-0.05, 0) is 60.7 Å². The summed E-state index contributed by atoms with van der Waals surface area (Å²) in [5, 5.41) is 10.5. The van der Waals surface area contributed by atoms with Crippen molar-refractivity contribution in [1.29, 1.82) is 0 Å². The summed E-state index contributed by atoms with van der Waals surface area (Å²) in [6.07, 6.45) is 4.08. The summed E-state index contributed by atoms with van der Waals surface area (Å²) in [6, 6.07) is 5.37. The van der Waals surface area contributed by atoms with Crippen molar-refractivity contribution in [3.05, 3.63) is 70.0 Å². The maximum atomic E-state index is 13.0. The Morgan fingerprint density at radius 2 is 1.72 bits per heavy atom. The van der Waals surface area contributed by atoms with Gasteiger partial charge >= 0.3 is 11.2 Å². The Morgan fingerprint density at radius 1 is 1.09 bits per heavy atom. The fourth-order valence-corrected chi connectivity index (χ4v) is 4.13. The number of pyridine rings is 1. The molecule has 32 heavy (non-hydrogen) atoms. The average molecular weight is 469 g/mol. The largest absolute Gasteiger partial charge is 0.501 e. The van der Waals surface area contributed by atoms with Crippen molar-refractivity contribution >= 4 is 9.84 Å². The Morgan fingerprint density at radius 3 is 2.28 bits per heavy atom. The summed E-state index contributed by atoms with van der Waals surface area (Å²) in [6.45, 7) is 5.81. The molecular weight excluding hydrogens is 447 g/mol. The molecule has 0 saturated heterocycles. The molecule has 1 N–H and O–H groups in total. The number of halogens is 3. The minimum Gasteiger partial charge on any atom is -0.493 e. The van der Waals surface area contributed by atoms with Crippen LogP contribution in [0.3, 0.4) is 0 Å². The number of hydrogen-bond donors (Lipinski definition) is 1. The molecule has 0 bridgehead atoms. The molecule has 11 heteroatoms. The normalized spacial score (nSPS) is 12.5. The van der Waals surface area contributed by atoms with Gasteiger partial charge in [-0.25, -0.2) is 17.8 Å². The first-order chi connectivity index (χ1) is 14.8. The molecule has 2 aromatic heterocycles. The third-order valence-electron chi connectivity index (χ3n) is 5.03. The molecule has 172 valence electrons. The molecule has 0 aliphatic heterocycles. The summed E-state index contributed by atoms with van der Waals surface area (Å²) in [4.78, 5) is 16.2. The van der Waals surface area contributed by atoms with Crippen molar-refractivity contribution in [1.82, 2.24) is 14.1 Å². The van der Waals surface area contributed by atoms with Crippen LogP contribution in [0.15, 0.2) is 52.4 Å². The van der Waals surface area contributed by atoms with Crippen LogP contribution < -0.4 is 5.69 Å². The zero-order chi connectivity index (χ0) is 23.8. The Labute approximate surface area is 182 Å². The van der Waals surface area contributed by atoms with E-state index in [9.17, 15) is 31.5 Å². The van der Waals surface area contributed by atoms with Gasteiger partial charge in [0.25, 0.3) is 9.84 Å². The minimum atomic E-state index is -5.52. The number of hydrogen-bond acceptors (Lipinski definition) is 5. The molecule has 0 amide bonds. The highest BCUT2D eigenvalue weighted by Gasteiger charge is 2.46. The van der Waals surface area contributed by atoms with E-state index in [1.165, 1.54) is 4.57 Å². The van der Waals surface area contributed by atoms with Gasteiger partial charge in [-0.3, -0.25) is 9.55 Å². The highest BCUT2D eigenvalue weighted by atomic mass is 32.2. The van der Waals surface area contributed by atoms with Crippen molar-refractivity contribution in [2.45, 2.75) is 44.1 Å². The second-order valence-electron chi connectivity index (χ2n) is 7.80. The highest BCUT2D eigenvalue weighted by molar-refractivity contribution is 7.92. The number of sulfone groups is 1. The molecule has 0 radical (unpaired) electrons. The van der Waals surface area contributed by atoms with Gasteiger partial charge in [0.05, 0.1) is 22.8 Å². The van der Waals surface area contributed by atoms with E-state index < -0.39 is 25.9 Å². The summed E-state index contributed by atoms with van der Waals surface area (Å²) < 4.78 is 63.6. The summed E-state index contributed by atoms with van der Waals surface area (Å²) >= 11 is 0. The third kappa shape index (κ3) is 4.29. The number of imidazole rings is 1. The van der Waals surface area contributed by atoms with Crippen LogP contribution in [0.2, 0.25) is 0 Å². The number of aromatic nitrogens is 3. The van der Waals surface area contributed by atoms with E-state index >= 15 is 0 Å². The zero-order valence-corrected chi connectivity index (χ0v) is 18.4. The lowest BCUT2D eigenvalue weighted by atomic mass is 10.00. The molecule has 0 spiro atoms.